The Bertz CT molecular complexity index is 751. The molecule has 2 aromatic rings. The van der Waals surface area contributed by atoms with E-state index in [1.54, 1.807) is 11.0 Å². The lowest BCUT2D eigenvalue weighted by Crippen LogP contribution is -2.36. The number of benzene rings is 2. The molecule has 0 spiro atoms. The van der Waals surface area contributed by atoms with Gasteiger partial charge in [-0.15, -0.1) is 0 Å². The Balaban J connectivity index is 2.03. The lowest BCUT2D eigenvalue weighted by atomic mass is 9.96. The number of amides is 1. The fourth-order valence-corrected chi connectivity index (χ4v) is 3.15. The van der Waals surface area contributed by atoms with Crippen LogP contribution in [-0.4, -0.2) is 12.5 Å². The molecule has 3 rings (SSSR count). The van der Waals surface area contributed by atoms with Gasteiger partial charge in [-0.25, -0.2) is 4.39 Å². The Morgan fingerprint density at radius 3 is 2.55 bits per heavy atom. The average Bonchev–Trinajstić information content (AvgIpc) is 2.48. The van der Waals surface area contributed by atoms with E-state index < -0.39 is 0 Å². The highest BCUT2D eigenvalue weighted by Gasteiger charge is 2.25. The summed E-state index contributed by atoms with van der Waals surface area (Å²) in [5.41, 5.74) is 5.62. The first-order chi connectivity index (χ1) is 10.5. The van der Waals surface area contributed by atoms with E-state index in [9.17, 15) is 9.18 Å². The van der Waals surface area contributed by atoms with Crippen LogP contribution in [0.4, 0.5) is 10.1 Å². The Morgan fingerprint density at radius 2 is 1.82 bits per heavy atom. The van der Waals surface area contributed by atoms with Gasteiger partial charge in [0.15, 0.2) is 0 Å². The number of hydrogen-bond donors (Lipinski definition) is 0. The topological polar surface area (TPSA) is 20.3 Å². The first kappa shape index (κ1) is 14.8. The van der Waals surface area contributed by atoms with E-state index in [-0.39, 0.29) is 11.7 Å². The number of rotatable bonds is 1. The van der Waals surface area contributed by atoms with Crippen molar-refractivity contribution < 1.29 is 9.18 Å². The Labute approximate surface area is 130 Å². The van der Waals surface area contributed by atoms with Crippen LogP contribution in [0.5, 0.6) is 0 Å². The Kier molecular flexibility index (Phi) is 3.73. The summed E-state index contributed by atoms with van der Waals surface area (Å²) >= 11 is 0. The van der Waals surface area contributed by atoms with Crippen molar-refractivity contribution in [2.75, 3.05) is 11.4 Å². The molecule has 0 fully saturated rings. The fourth-order valence-electron chi connectivity index (χ4n) is 3.15. The van der Waals surface area contributed by atoms with E-state index >= 15 is 0 Å². The normalized spacial score (nSPS) is 13.9. The van der Waals surface area contributed by atoms with Gasteiger partial charge in [0.25, 0.3) is 5.91 Å². The molecule has 0 aromatic heterocycles. The molecule has 1 aliphatic heterocycles. The number of aryl methyl sites for hydroxylation is 4. The molecule has 0 saturated carbocycles. The van der Waals surface area contributed by atoms with Gasteiger partial charge in [-0.3, -0.25) is 4.79 Å². The number of anilines is 1. The minimum absolute atomic E-state index is 0.00115. The molecule has 114 valence electrons. The van der Waals surface area contributed by atoms with Crippen LogP contribution in [0.2, 0.25) is 0 Å². The van der Waals surface area contributed by atoms with Gasteiger partial charge < -0.3 is 4.90 Å². The summed E-state index contributed by atoms with van der Waals surface area (Å²) in [7, 11) is 0. The van der Waals surface area contributed by atoms with E-state index in [1.165, 1.54) is 11.6 Å². The first-order valence-electron chi connectivity index (χ1n) is 7.65. The van der Waals surface area contributed by atoms with Crippen molar-refractivity contribution in [3.05, 3.63) is 64.0 Å². The third-order valence-electron chi connectivity index (χ3n) is 4.44. The first-order valence-corrected chi connectivity index (χ1v) is 7.65. The predicted octanol–water partition coefficient (Wildman–Crippen LogP) is 4.34. The largest absolute Gasteiger partial charge is 0.308 e. The summed E-state index contributed by atoms with van der Waals surface area (Å²) in [6.07, 6.45) is 1.69. The molecule has 0 unspecified atom stereocenters. The van der Waals surface area contributed by atoms with Crippen molar-refractivity contribution in [2.24, 2.45) is 0 Å². The van der Waals surface area contributed by atoms with Crippen molar-refractivity contribution in [1.29, 1.82) is 0 Å². The van der Waals surface area contributed by atoms with Crippen molar-refractivity contribution in [1.82, 2.24) is 0 Å². The maximum absolute atomic E-state index is 13.6. The van der Waals surface area contributed by atoms with Crippen LogP contribution in [0, 0.1) is 26.6 Å². The minimum atomic E-state index is -0.225. The average molecular weight is 297 g/mol. The van der Waals surface area contributed by atoms with Gasteiger partial charge in [0.05, 0.1) is 5.69 Å². The number of carbonyl (C=O) groups is 1. The minimum Gasteiger partial charge on any atom is -0.308 e. The molecule has 1 aliphatic rings. The van der Waals surface area contributed by atoms with Crippen molar-refractivity contribution in [2.45, 2.75) is 33.6 Å². The van der Waals surface area contributed by atoms with E-state index in [4.69, 9.17) is 0 Å². The molecule has 1 amide bonds. The highest BCUT2D eigenvalue weighted by molar-refractivity contribution is 6.07. The van der Waals surface area contributed by atoms with Gasteiger partial charge in [0.2, 0.25) is 0 Å². The molecule has 0 N–H and O–H groups in total. The van der Waals surface area contributed by atoms with Crippen LogP contribution in [0.25, 0.3) is 0 Å². The van der Waals surface area contributed by atoms with Gasteiger partial charge in [-0.1, -0.05) is 6.07 Å². The van der Waals surface area contributed by atoms with Crippen molar-refractivity contribution in [3.63, 3.8) is 0 Å². The van der Waals surface area contributed by atoms with Gasteiger partial charge in [0.1, 0.15) is 5.82 Å². The van der Waals surface area contributed by atoms with E-state index in [1.807, 2.05) is 39.0 Å². The lowest BCUT2D eigenvalue weighted by Gasteiger charge is -2.31. The van der Waals surface area contributed by atoms with E-state index in [2.05, 4.69) is 0 Å². The van der Waals surface area contributed by atoms with Crippen LogP contribution in [-0.2, 0) is 6.42 Å². The summed E-state index contributed by atoms with van der Waals surface area (Å²) < 4.78 is 13.6. The monoisotopic (exact) mass is 297 g/mol. The third kappa shape index (κ3) is 2.52. The van der Waals surface area contributed by atoms with Crippen LogP contribution in [0.15, 0.2) is 30.3 Å². The second-order valence-electron chi connectivity index (χ2n) is 6.09. The Hall–Kier alpha value is -2.16. The molecule has 0 saturated heterocycles. The molecular formula is C19H20FNO. The zero-order chi connectivity index (χ0) is 15.9. The molecule has 0 radical (unpaired) electrons. The fraction of sp³-hybridized carbons (Fsp3) is 0.316. The summed E-state index contributed by atoms with van der Waals surface area (Å²) in [6, 6.07) is 8.85. The number of carbonyl (C=O) groups excluding carboxylic acids is 1. The quantitative estimate of drug-likeness (QED) is 0.766. The summed E-state index contributed by atoms with van der Waals surface area (Å²) in [6.45, 7) is 6.60. The number of nitrogens with zero attached hydrogens (tertiary/aromatic N) is 1. The van der Waals surface area contributed by atoms with Crippen molar-refractivity contribution in [3.8, 4) is 0 Å². The standard InChI is InChI=1S/C19H20FNO/c1-12-6-7-16(9-13(12)2)19(22)21-8-4-5-15-11-17(20)10-14(3)18(15)21/h6-7,9-11H,4-5,8H2,1-3H3. The van der Waals surface area contributed by atoms with Crippen molar-refractivity contribution >= 4 is 11.6 Å². The summed E-state index contributed by atoms with van der Waals surface area (Å²) in [5, 5.41) is 0. The second kappa shape index (κ2) is 5.56. The van der Waals surface area contributed by atoms with Gasteiger partial charge >= 0.3 is 0 Å². The number of fused-ring (bicyclic) bond motifs is 1. The number of hydrogen-bond acceptors (Lipinski definition) is 1. The maximum atomic E-state index is 13.6. The predicted molar refractivity (Wildman–Crippen MR) is 87.1 cm³/mol. The van der Waals surface area contributed by atoms with E-state index in [0.29, 0.717) is 12.1 Å². The van der Waals surface area contributed by atoms with E-state index in [0.717, 1.165) is 35.2 Å². The highest BCUT2D eigenvalue weighted by atomic mass is 19.1. The molecule has 3 heteroatoms. The van der Waals surface area contributed by atoms with Crippen LogP contribution >= 0.6 is 0 Å². The smallest absolute Gasteiger partial charge is 0.258 e. The zero-order valence-electron chi connectivity index (χ0n) is 13.2. The van der Waals surface area contributed by atoms with Crippen LogP contribution in [0.3, 0.4) is 0 Å². The van der Waals surface area contributed by atoms with Gasteiger partial charge in [0, 0.05) is 12.1 Å². The molecule has 1 heterocycles. The van der Waals surface area contributed by atoms with Gasteiger partial charge in [-0.05, 0) is 80.1 Å². The Morgan fingerprint density at radius 1 is 1.05 bits per heavy atom. The molecule has 2 aromatic carbocycles. The molecule has 22 heavy (non-hydrogen) atoms. The highest BCUT2D eigenvalue weighted by Crippen LogP contribution is 2.32. The number of halogens is 1. The van der Waals surface area contributed by atoms with Gasteiger partial charge in [-0.2, -0.15) is 0 Å². The maximum Gasteiger partial charge on any atom is 0.258 e. The molecule has 2 nitrogen and oxygen atoms in total. The SMILES string of the molecule is Cc1ccc(C(=O)N2CCCc3cc(F)cc(C)c32)cc1C. The summed E-state index contributed by atoms with van der Waals surface area (Å²) in [5.74, 6) is -0.226. The third-order valence-corrected chi connectivity index (χ3v) is 4.44. The molecule has 0 bridgehead atoms. The molecule has 0 aliphatic carbocycles. The van der Waals surface area contributed by atoms with Crippen LogP contribution in [0.1, 0.15) is 39.0 Å². The van der Waals surface area contributed by atoms with Crippen LogP contribution < -0.4 is 4.90 Å². The zero-order valence-corrected chi connectivity index (χ0v) is 13.2. The molecular weight excluding hydrogens is 277 g/mol. The summed E-state index contributed by atoms with van der Waals surface area (Å²) in [4.78, 5) is 14.7. The lowest BCUT2D eigenvalue weighted by molar-refractivity contribution is 0.0985. The second-order valence-corrected chi connectivity index (χ2v) is 6.09. The molecule has 0 atom stereocenters.